The van der Waals surface area contributed by atoms with Gasteiger partial charge in [0.1, 0.15) is 6.04 Å². The maximum atomic E-state index is 11.6. The van der Waals surface area contributed by atoms with Gasteiger partial charge in [-0.05, 0) is 24.6 Å². The van der Waals surface area contributed by atoms with Gasteiger partial charge in [0.05, 0.1) is 0 Å². The zero-order valence-corrected chi connectivity index (χ0v) is 9.21. The van der Waals surface area contributed by atoms with Crippen molar-refractivity contribution in [2.75, 3.05) is 6.54 Å². The molecular formula is C11H13ClN2O. The molecule has 3 nitrogen and oxygen atoms in total. The van der Waals surface area contributed by atoms with Gasteiger partial charge < -0.3 is 5.32 Å². The van der Waals surface area contributed by atoms with Gasteiger partial charge in [-0.15, -0.1) is 0 Å². The first kappa shape index (κ1) is 10.5. The Bertz CT molecular complexity index is 363. The monoisotopic (exact) mass is 224 g/mol. The second-order valence-corrected chi connectivity index (χ2v) is 4.23. The van der Waals surface area contributed by atoms with Crippen LogP contribution in [0.1, 0.15) is 18.5 Å². The molecular weight excluding hydrogens is 212 g/mol. The summed E-state index contributed by atoms with van der Waals surface area (Å²) in [5.74, 6) is 0.0235. The van der Waals surface area contributed by atoms with Gasteiger partial charge in [-0.1, -0.05) is 23.7 Å². The number of carbonyl (C=O) groups excluding carboxylic acids is 1. The highest BCUT2D eigenvalue weighted by Crippen LogP contribution is 2.18. The highest BCUT2D eigenvalue weighted by Gasteiger charge is 2.26. The van der Waals surface area contributed by atoms with Crippen molar-refractivity contribution in [3.05, 3.63) is 34.9 Å². The molecule has 1 aromatic carbocycles. The molecule has 1 amide bonds. The van der Waals surface area contributed by atoms with Crippen molar-refractivity contribution in [2.24, 2.45) is 0 Å². The maximum absolute atomic E-state index is 11.6. The third-order valence-corrected chi connectivity index (χ3v) is 2.75. The second-order valence-electron chi connectivity index (χ2n) is 3.80. The van der Waals surface area contributed by atoms with E-state index < -0.39 is 0 Å². The molecule has 0 spiro atoms. The maximum Gasteiger partial charge on any atom is 0.241 e. The Labute approximate surface area is 93.8 Å². The number of nitrogens with one attached hydrogen (secondary N) is 2. The fourth-order valence-electron chi connectivity index (χ4n) is 1.68. The zero-order valence-electron chi connectivity index (χ0n) is 8.46. The van der Waals surface area contributed by atoms with E-state index in [1.54, 1.807) is 12.1 Å². The van der Waals surface area contributed by atoms with Crippen LogP contribution in [0.25, 0.3) is 0 Å². The molecule has 1 aromatic rings. The normalized spacial score (nSPS) is 26.1. The number of benzene rings is 1. The lowest BCUT2D eigenvalue weighted by molar-refractivity contribution is -0.125. The van der Waals surface area contributed by atoms with Crippen LogP contribution in [-0.2, 0) is 4.79 Å². The molecule has 2 N–H and O–H groups in total. The fraction of sp³-hybridized carbons (Fsp3) is 0.364. The molecule has 0 aromatic heterocycles. The molecule has 1 heterocycles. The summed E-state index contributed by atoms with van der Waals surface area (Å²) in [5.41, 5.74) is 0.948. The topological polar surface area (TPSA) is 41.1 Å². The smallest absolute Gasteiger partial charge is 0.241 e. The minimum Gasteiger partial charge on any atom is -0.353 e. The van der Waals surface area contributed by atoms with Crippen LogP contribution in [0.3, 0.4) is 0 Å². The molecule has 0 aliphatic carbocycles. The molecule has 15 heavy (non-hydrogen) atoms. The summed E-state index contributed by atoms with van der Waals surface area (Å²) < 4.78 is 0. The van der Waals surface area contributed by atoms with Gasteiger partial charge >= 0.3 is 0 Å². The van der Waals surface area contributed by atoms with E-state index in [9.17, 15) is 4.79 Å². The molecule has 0 radical (unpaired) electrons. The van der Waals surface area contributed by atoms with Gasteiger partial charge in [-0.2, -0.15) is 0 Å². The largest absolute Gasteiger partial charge is 0.353 e. The Balaban J connectivity index is 2.21. The lowest BCUT2D eigenvalue weighted by Crippen LogP contribution is -2.52. The van der Waals surface area contributed by atoms with Crippen LogP contribution in [-0.4, -0.2) is 18.5 Å². The lowest BCUT2D eigenvalue weighted by atomic mass is 10.0. The molecule has 1 fully saturated rings. The number of halogens is 1. The van der Waals surface area contributed by atoms with Crippen LogP contribution in [0.5, 0.6) is 0 Å². The number of hydrogen-bond donors (Lipinski definition) is 2. The predicted octanol–water partition coefficient (Wildman–Crippen LogP) is 1.49. The van der Waals surface area contributed by atoms with Gasteiger partial charge in [0.2, 0.25) is 5.91 Å². The molecule has 1 aliphatic rings. The summed E-state index contributed by atoms with van der Waals surface area (Å²) in [6.07, 6.45) is 0. The van der Waals surface area contributed by atoms with Crippen molar-refractivity contribution in [1.29, 1.82) is 0 Å². The van der Waals surface area contributed by atoms with Gasteiger partial charge in [0.15, 0.2) is 0 Å². The minimum atomic E-state index is -0.258. The van der Waals surface area contributed by atoms with Crippen LogP contribution < -0.4 is 10.6 Å². The van der Waals surface area contributed by atoms with Gasteiger partial charge in [0, 0.05) is 17.6 Å². The van der Waals surface area contributed by atoms with Crippen LogP contribution in [0, 0.1) is 0 Å². The molecule has 1 saturated heterocycles. The van der Waals surface area contributed by atoms with Crippen molar-refractivity contribution in [2.45, 2.75) is 19.0 Å². The summed E-state index contributed by atoms with van der Waals surface area (Å²) in [4.78, 5) is 11.6. The minimum absolute atomic E-state index is 0.0235. The third-order valence-electron chi connectivity index (χ3n) is 2.50. The van der Waals surface area contributed by atoms with Crippen molar-refractivity contribution >= 4 is 17.5 Å². The first-order chi connectivity index (χ1) is 7.16. The van der Waals surface area contributed by atoms with Crippen molar-refractivity contribution < 1.29 is 4.79 Å². The average Bonchev–Trinajstić information content (AvgIpc) is 2.23. The molecule has 0 saturated carbocycles. The van der Waals surface area contributed by atoms with Crippen LogP contribution in [0.4, 0.5) is 0 Å². The standard InChI is InChI=1S/C11H13ClN2O/c1-7-6-13-11(15)10(14-7)8-2-4-9(12)5-3-8/h2-5,7,10,14H,6H2,1H3,(H,13,15). The van der Waals surface area contributed by atoms with E-state index in [4.69, 9.17) is 11.6 Å². The molecule has 2 atom stereocenters. The number of rotatable bonds is 1. The number of amides is 1. The van der Waals surface area contributed by atoms with E-state index >= 15 is 0 Å². The Kier molecular flexibility index (Phi) is 2.93. The first-order valence-corrected chi connectivity index (χ1v) is 5.34. The van der Waals surface area contributed by atoms with Gasteiger partial charge in [-0.3, -0.25) is 10.1 Å². The van der Waals surface area contributed by atoms with Crippen molar-refractivity contribution in [3.63, 3.8) is 0 Å². The second kappa shape index (κ2) is 4.21. The summed E-state index contributed by atoms with van der Waals surface area (Å²) in [6.45, 7) is 2.73. The average molecular weight is 225 g/mol. The molecule has 4 heteroatoms. The SMILES string of the molecule is CC1CNC(=O)C(c2ccc(Cl)cc2)N1. The number of carbonyl (C=O) groups is 1. The summed E-state index contributed by atoms with van der Waals surface area (Å²) in [5, 5.41) is 6.79. The molecule has 80 valence electrons. The summed E-state index contributed by atoms with van der Waals surface area (Å²) in [7, 11) is 0. The van der Waals surface area contributed by atoms with Crippen molar-refractivity contribution in [1.82, 2.24) is 10.6 Å². The first-order valence-electron chi connectivity index (χ1n) is 4.96. The number of piperazine rings is 1. The Hall–Kier alpha value is -1.06. The Morgan fingerprint density at radius 3 is 2.67 bits per heavy atom. The zero-order chi connectivity index (χ0) is 10.8. The quantitative estimate of drug-likeness (QED) is 0.759. The van der Waals surface area contributed by atoms with Gasteiger partial charge in [0.25, 0.3) is 0 Å². The Morgan fingerprint density at radius 2 is 2.00 bits per heavy atom. The van der Waals surface area contributed by atoms with E-state index in [1.165, 1.54) is 0 Å². The summed E-state index contributed by atoms with van der Waals surface area (Å²) >= 11 is 5.79. The fourth-order valence-corrected chi connectivity index (χ4v) is 1.80. The van der Waals surface area contributed by atoms with Crippen LogP contribution in [0.15, 0.2) is 24.3 Å². The predicted molar refractivity (Wildman–Crippen MR) is 59.8 cm³/mol. The molecule has 0 bridgehead atoms. The van der Waals surface area contributed by atoms with E-state index in [0.29, 0.717) is 17.6 Å². The van der Waals surface area contributed by atoms with E-state index in [1.807, 2.05) is 19.1 Å². The summed E-state index contributed by atoms with van der Waals surface area (Å²) in [6, 6.07) is 7.38. The van der Waals surface area contributed by atoms with E-state index in [0.717, 1.165) is 5.56 Å². The molecule has 2 rings (SSSR count). The number of hydrogen-bond acceptors (Lipinski definition) is 2. The molecule has 2 unspecified atom stereocenters. The highest BCUT2D eigenvalue weighted by molar-refractivity contribution is 6.30. The van der Waals surface area contributed by atoms with Crippen LogP contribution >= 0.6 is 11.6 Å². The van der Waals surface area contributed by atoms with Crippen molar-refractivity contribution in [3.8, 4) is 0 Å². The van der Waals surface area contributed by atoms with Gasteiger partial charge in [-0.25, -0.2) is 0 Å². The lowest BCUT2D eigenvalue weighted by Gasteiger charge is -2.28. The third kappa shape index (κ3) is 2.30. The van der Waals surface area contributed by atoms with Crippen LogP contribution in [0.2, 0.25) is 5.02 Å². The van der Waals surface area contributed by atoms with E-state index in [-0.39, 0.29) is 11.9 Å². The highest BCUT2D eigenvalue weighted by atomic mass is 35.5. The van der Waals surface area contributed by atoms with E-state index in [2.05, 4.69) is 10.6 Å². The molecule has 1 aliphatic heterocycles. The Morgan fingerprint density at radius 1 is 1.33 bits per heavy atom.